The number of ether oxygens (including phenoxy) is 1. The third-order valence-corrected chi connectivity index (χ3v) is 9.42. The fourth-order valence-electron chi connectivity index (χ4n) is 7.86. The molecular weight excluding hydrogens is 366 g/mol. The molecule has 4 aliphatic rings. The lowest BCUT2D eigenvalue weighted by Gasteiger charge is -2.58. The normalized spacial score (nSPS) is 44.6. The monoisotopic (exact) mass is 403 g/mol. The summed E-state index contributed by atoms with van der Waals surface area (Å²) in [6.07, 6.45) is 10.7. The highest BCUT2D eigenvalue weighted by molar-refractivity contribution is 6.32. The first-order valence-electron chi connectivity index (χ1n) is 11.5. The fourth-order valence-corrected chi connectivity index (χ4v) is 7.86. The molecule has 3 fully saturated rings. The molecule has 0 aromatic carbocycles. The molecule has 29 heavy (non-hydrogen) atoms. The van der Waals surface area contributed by atoms with E-state index in [9.17, 15) is 14.7 Å². The molecule has 4 rings (SSSR count). The van der Waals surface area contributed by atoms with Gasteiger partial charge in [0.05, 0.1) is 6.10 Å². The maximum atomic E-state index is 12.0. The number of aliphatic hydroxyl groups is 1. The quantitative estimate of drug-likeness (QED) is 0.420. The number of hydrogen-bond acceptors (Lipinski definition) is 4. The van der Waals surface area contributed by atoms with Crippen molar-refractivity contribution in [1.82, 2.24) is 5.32 Å². The van der Waals surface area contributed by atoms with Crippen molar-refractivity contribution in [3.05, 3.63) is 11.6 Å². The number of fused-ring (bicyclic) bond motifs is 5. The second-order valence-electron chi connectivity index (χ2n) is 10.6. The minimum Gasteiger partial charge on any atom is -0.455 e. The van der Waals surface area contributed by atoms with Gasteiger partial charge in [-0.15, -0.1) is 0 Å². The summed E-state index contributed by atoms with van der Waals surface area (Å²) in [7, 11) is 1.46. The van der Waals surface area contributed by atoms with Crippen molar-refractivity contribution in [2.24, 2.45) is 34.5 Å². The summed E-state index contributed by atoms with van der Waals surface area (Å²) in [6, 6.07) is 0. The smallest absolute Gasteiger partial charge is 0.397 e. The Bertz CT molecular complexity index is 718. The van der Waals surface area contributed by atoms with Crippen molar-refractivity contribution in [2.45, 2.75) is 84.3 Å². The molecule has 0 saturated heterocycles. The van der Waals surface area contributed by atoms with E-state index in [2.05, 4.69) is 25.2 Å². The SMILES string of the molecule is CNC(=O)C(=O)O[C@@H](C)[C@H]1CC[C@H]2[C@@H]3CC=C4C[C@@H](O)CC[C@]4(C)[C@H]3CC[C@]12C. The summed E-state index contributed by atoms with van der Waals surface area (Å²) >= 11 is 0. The summed E-state index contributed by atoms with van der Waals surface area (Å²) < 4.78 is 5.56. The predicted octanol–water partition coefficient (Wildman–Crippen LogP) is 3.60. The zero-order chi connectivity index (χ0) is 21.0. The number of nitrogens with one attached hydrogen (secondary N) is 1. The Morgan fingerprint density at radius 1 is 1.17 bits per heavy atom. The number of carbonyl (C=O) groups excluding carboxylic acids is 2. The summed E-state index contributed by atoms with van der Waals surface area (Å²) in [5.74, 6) is 0.916. The van der Waals surface area contributed by atoms with Gasteiger partial charge in [0.2, 0.25) is 0 Å². The zero-order valence-corrected chi connectivity index (χ0v) is 18.4. The van der Waals surface area contributed by atoms with Gasteiger partial charge in [-0.25, -0.2) is 4.79 Å². The summed E-state index contributed by atoms with van der Waals surface area (Å²) in [5.41, 5.74) is 1.92. The minimum atomic E-state index is -0.765. The van der Waals surface area contributed by atoms with Crippen molar-refractivity contribution in [3.63, 3.8) is 0 Å². The van der Waals surface area contributed by atoms with E-state index in [-0.39, 0.29) is 23.0 Å². The molecule has 0 bridgehead atoms. The van der Waals surface area contributed by atoms with Crippen molar-refractivity contribution in [3.8, 4) is 0 Å². The number of amides is 1. The predicted molar refractivity (Wildman–Crippen MR) is 111 cm³/mol. The van der Waals surface area contributed by atoms with Crippen LogP contribution in [-0.4, -0.2) is 36.2 Å². The average molecular weight is 404 g/mol. The van der Waals surface area contributed by atoms with E-state index >= 15 is 0 Å². The minimum absolute atomic E-state index is 0.161. The number of allylic oxidation sites excluding steroid dienone is 1. The van der Waals surface area contributed by atoms with Crippen molar-refractivity contribution >= 4 is 11.9 Å². The first kappa shape index (κ1) is 20.9. The van der Waals surface area contributed by atoms with Crippen LogP contribution in [-0.2, 0) is 14.3 Å². The molecular formula is C24H37NO4. The first-order chi connectivity index (χ1) is 13.7. The molecule has 2 N–H and O–H groups in total. The molecule has 8 atom stereocenters. The van der Waals surface area contributed by atoms with E-state index in [1.165, 1.54) is 25.5 Å². The highest BCUT2D eigenvalue weighted by atomic mass is 16.5. The van der Waals surface area contributed by atoms with Gasteiger partial charge < -0.3 is 15.2 Å². The number of aliphatic hydroxyl groups excluding tert-OH is 1. The first-order valence-corrected chi connectivity index (χ1v) is 11.5. The van der Waals surface area contributed by atoms with Gasteiger partial charge >= 0.3 is 11.9 Å². The van der Waals surface area contributed by atoms with Gasteiger partial charge in [-0.3, -0.25) is 4.79 Å². The van der Waals surface area contributed by atoms with Crippen LogP contribution < -0.4 is 5.32 Å². The van der Waals surface area contributed by atoms with E-state index in [4.69, 9.17) is 4.74 Å². The summed E-state index contributed by atoms with van der Waals surface area (Å²) in [6.45, 7) is 6.82. The number of carbonyl (C=O) groups is 2. The lowest BCUT2D eigenvalue weighted by atomic mass is 9.47. The second-order valence-corrected chi connectivity index (χ2v) is 10.6. The summed E-state index contributed by atoms with van der Waals surface area (Å²) in [5, 5.41) is 12.5. The molecule has 162 valence electrons. The van der Waals surface area contributed by atoms with Crippen LogP contribution in [0.4, 0.5) is 0 Å². The van der Waals surface area contributed by atoms with Crippen LogP contribution in [0.25, 0.3) is 0 Å². The van der Waals surface area contributed by atoms with E-state index in [1.54, 1.807) is 0 Å². The van der Waals surface area contributed by atoms with Gasteiger partial charge in [0.25, 0.3) is 0 Å². The molecule has 1 amide bonds. The number of esters is 1. The van der Waals surface area contributed by atoms with E-state index in [0.29, 0.717) is 23.7 Å². The standard InChI is InChI=1S/C24H37NO4/c1-14(29-22(28)21(27)25-4)18-7-8-19-17-6-5-15-13-16(26)9-11-23(15,2)20(17)10-12-24(18,19)3/h5,14,16-20,26H,6-13H2,1-4H3,(H,25,27)/t14-,16-,17-,18+,19-,20-,23-,24+/m0/s1. The van der Waals surface area contributed by atoms with Crippen molar-refractivity contribution in [1.29, 1.82) is 0 Å². The van der Waals surface area contributed by atoms with Crippen molar-refractivity contribution in [2.75, 3.05) is 7.05 Å². The Balaban J connectivity index is 1.53. The Hall–Kier alpha value is -1.36. The Morgan fingerprint density at radius 2 is 1.93 bits per heavy atom. The number of rotatable bonds is 2. The largest absolute Gasteiger partial charge is 0.455 e. The van der Waals surface area contributed by atoms with E-state index in [1.807, 2.05) is 6.92 Å². The highest BCUT2D eigenvalue weighted by Crippen LogP contribution is 2.66. The van der Waals surface area contributed by atoms with Crippen LogP contribution in [0.15, 0.2) is 11.6 Å². The van der Waals surface area contributed by atoms with Gasteiger partial charge in [-0.2, -0.15) is 0 Å². The third kappa shape index (κ3) is 3.24. The number of likely N-dealkylation sites (N-methyl/N-ethyl adjacent to an activating group) is 1. The van der Waals surface area contributed by atoms with Gasteiger partial charge in [0.15, 0.2) is 0 Å². The highest BCUT2D eigenvalue weighted by Gasteiger charge is 2.59. The molecule has 5 heteroatoms. The maximum Gasteiger partial charge on any atom is 0.397 e. The second kappa shape index (κ2) is 7.40. The molecule has 0 spiro atoms. The lowest BCUT2D eigenvalue weighted by molar-refractivity contribution is -0.163. The van der Waals surface area contributed by atoms with E-state index < -0.39 is 11.9 Å². The molecule has 0 radical (unpaired) electrons. The van der Waals surface area contributed by atoms with Gasteiger partial charge in [-0.1, -0.05) is 25.5 Å². The van der Waals surface area contributed by atoms with Crippen LogP contribution >= 0.6 is 0 Å². The molecule has 0 unspecified atom stereocenters. The van der Waals surface area contributed by atoms with Gasteiger partial charge in [0.1, 0.15) is 6.10 Å². The zero-order valence-electron chi connectivity index (χ0n) is 18.4. The summed E-state index contributed by atoms with van der Waals surface area (Å²) in [4.78, 5) is 23.6. The molecule has 0 aromatic rings. The van der Waals surface area contributed by atoms with Crippen molar-refractivity contribution < 1.29 is 19.4 Å². The average Bonchev–Trinajstić information content (AvgIpc) is 3.05. The molecule has 3 saturated carbocycles. The van der Waals surface area contributed by atoms with Gasteiger partial charge in [-0.05, 0) is 86.9 Å². The van der Waals surface area contributed by atoms with Gasteiger partial charge in [0, 0.05) is 13.0 Å². The lowest BCUT2D eigenvalue weighted by Crippen LogP contribution is -2.51. The van der Waals surface area contributed by atoms with Crippen LogP contribution in [0, 0.1) is 34.5 Å². The topological polar surface area (TPSA) is 75.6 Å². The molecule has 5 nitrogen and oxygen atoms in total. The van der Waals surface area contributed by atoms with Crippen LogP contribution in [0.5, 0.6) is 0 Å². The third-order valence-electron chi connectivity index (χ3n) is 9.42. The maximum absolute atomic E-state index is 12.0. The van der Waals surface area contributed by atoms with Crippen LogP contribution in [0.1, 0.15) is 72.1 Å². The van der Waals surface area contributed by atoms with E-state index in [0.717, 1.165) is 38.5 Å². The molecule has 0 aromatic heterocycles. The van der Waals surface area contributed by atoms with Crippen LogP contribution in [0.3, 0.4) is 0 Å². The Kier molecular flexibility index (Phi) is 5.33. The molecule has 0 heterocycles. The Labute approximate surface area is 174 Å². The number of hydrogen-bond donors (Lipinski definition) is 2. The fraction of sp³-hybridized carbons (Fsp3) is 0.833. The molecule has 0 aliphatic heterocycles. The Morgan fingerprint density at radius 3 is 2.66 bits per heavy atom. The molecule has 4 aliphatic carbocycles. The van der Waals surface area contributed by atoms with Crippen LogP contribution in [0.2, 0.25) is 0 Å².